The van der Waals surface area contributed by atoms with Crippen LogP contribution in [-0.4, -0.2) is 41.9 Å². The van der Waals surface area contributed by atoms with E-state index in [1.54, 1.807) is 6.08 Å². The summed E-state index contributed by atoms with van der Waals surface area (Å²) in [6.45, 7) is 4.47. The first-order chi connectivity index (χ1) is 23.8. The van der Waals surface area contributed by atoms with Gasteiger partial charge >= 0.3 is 0 Å². The van der Waals surface area contributed by atoms with Gasteiger partial charge in [-0.15, -0.1) is 0 Å². The molecule has 0 saturated heterocycles. The average molecular weight is 706 g/mol. The Labute approximate surface area is 302 Å². The predicted octanol–water partition coefficient (Wildman–Crippen LogP) is 11.7. The second kappa shape index (κ2) is 35.9. The largest absolute Gasteiger partial charge is 0.387 e. The number of carbonyl (C=O) groups is 1. The zero-order valence-corrected chi connectivity index (χ0v) is 32.4. The summed E-state index contributed by atoms with van der Waals surface area (Å²) in [6, 6.07) is -1.08. The lowest BCUT2D eigenvalue weighted by Gasteiger charge is -2.21. The number of hydrogen-bond donors (Lipinski definition) is 3. The van der Waals surface area contributed by atoms with Crippen LogP contribution in [0, 0.1) is 0 Å². The van der Waals surface area contributed by atoms with Gasteiger partial charge in [-0.05, 0) is 70.6 Å². The van der Waals surface area contributed by atoms with Crippen LogP contribution in [0.25, 0.3) is 0 Å². The van der Waals surface area contributed by atoms with E-state index in [1.807, 2.05) is 0 Å². The van der Waals surface area contributed by atoms with Crippen molar-refractivity contribution in [3.05, 3.63) is 60.8 Å². The Morgan fingerprint density at radius 3 is 1.43 bits per heavy atom. The van der Waals surface area contributed by atoms with Gasteiger partial charge in [-0.3, -0.25) is 9.35 Å². The maximum absolute atomic E-state index is 12.5. The molecule has 0 heterocycles. The molecule has 2 unspecified atom stereocenters. The number of rotatable bonds is 35. The third-order valence-corrected chi connectivity index (χ3v) is 9.45. The van der Waals surface area contributed by atoms with Gasteiger partial charge in [0, 0.05) is 6.42 Å². The molecule has 0 spiro atoms. The van der Waals surface area contributed by atoms with Gasteiger partial charge in [-0.25, -0.2) is 0 Å². The smallest absolute Gasteiger partial charge is 0.267 e. The van der Waals surface area contributed by atoms with Crippen molar-refractivity contribution >= 4 is 16.0 Å². The first kappa shape index (κ1) is 47.0. The minimum Gasteiger partial charge on any atom is -0.387 e. The summed E-state index contributed by atoms with van der Waals surface area (Å²) in [5, 5.41) is 13.1. The van der Waals surface area contributed by atoms with Crippen LogP contribution < -0.4 is 5.32 Å². The van der Waals surface area contributed by atoms with E-state index in [0.717, 1.165) is 57.8 Å². The van der Waals surface area contributed by atoms with Crippen molar-refractivity contribution in [2.24, 2.45) is 0 Å². The molecule has 6 nitrogen and oxygen atoms in total. The van der Waals surface area contributed by atoms with Crippen molar-refractivity contribution in [2.45, 2.75) is 193 Å². The number of aliphatic hydroxyl groups is 1. The second-order valence-electron chi connectivity index (χ2n) is 13.5. The van der Waals surface area contributed by atoms with Gasteiger partial charge in [0.05, 0.1) is 17.9 Å². The highest BCUT2D eigenvalue weighted by atomic mass is 32.2. The highest BCUT2D eigenvalue weighted by molar-refractivity contribution is 7.85. The summed E-state index contributed by atoms with van der Waals surface area (Å²) in [6.07, 6.45) is 49.3. The van der Waals surface area contributed by atoms with E-state index in [1.165, 1.54) is 102 Å². The molecule has 284 valence electrons. The van der Waals surface area contributed by atoms with Crippen molar-refractivity contribution in [2.75, 3.05) is 5.75 Å². The molecule has 0 fully saturated rings. The monoisotopic (exact) mass is 706 g/mol. The van der Waals surface area contributed by atoms with Crippen molar-refractivity contribution in [1.29, 1.82) is 0 Å². The standard InChI is InChI=1S/C42H75NO5S/c1-3-5-7-9-11-13-15-16-17-18-19-20-21-22-23-24-25-26-28-30-32-34-36-38-42(45)43-40(39-49(46,47)48)41(44)37-35-33-31-29-27-14-12-10-8-6-4-2/h15-16,18-19,21-22,27,29,35,37,40-41,44H,3-14,17,20,23-26,28,30-34,36,38-39H2,1-2H3,(H,43,45)(H,46,47,48)/b16-15-,19-18-,22-21-,29-27+,37-35+. The average Bonchev–Trinajstić information content (AvgIpc) is 3.06. The number of aliphatic hydroxyl groups excluding tert-OH is 1. The summed E-state index contributed by atoms with van der Waals surface area (Å²) >= 11 is 0. The topological polar surface area (TPSA) is 104 Å². The normalized spacial score (nSPS) is 14.0. The highest BCUT2D eigenvalue weighted by Gasteiger charge is 2.24. The van der Waals surface area contributed by atoms with E-state index in [2.05, 4.69) is 67.8 Å². The number of unbranched alkanes of at least 4 members (excludes halogenated alkanes) is 19. The fourth-order valence-electron chi connectivity index (χ4n) is 5.65. The van der Waals surface area contributed by atoms with Crippen LogP contribution in [0.3, 0.4) is 0 Å². The summed E-state index contributed by atoms with van der Waals surface area (Å²) < 4.78 is 32.4. The fourth-order valence-corrected chi connectivity index (χ4v) is 6.38. The van der Waals surface area contributed by atoms with Crippen molar-refractivity contribution in [1.82, 2.24) is 5.32 Å². The van der Waals surface area contributed by atoms with Gasteiger partial charge < -0.3 is 10.4 Å². The lowest BCUT2D eigenvalue weighted by Crippen LogP contribution is -2.46. The quantitative estimate of drug-likeness (QED) is 0.0346. The zero-order valence-electron chi connectivity index (χ0n) is 31.5. The second-order valence-corrected chi connectivity index (χ2v) is 15.0. The predicted molar refractivity (Wildman–Crippen MR) is 211 cm³/mol. The molecule has 7 heteroatoms. The third kappa shape index (κ3) is 37.1. The molecule has 0 aliphatic rings. The lowest BCUT2D eigenvalue weighted by molar-refractivity contribution is -0.122. The summed E-state index contributed by atoms with van der Waals surface area (Å²) in [5.41, 5.74) is 0. The highest BCUT2D eigenvalue weighted by Crippen LogP contribution is 2.12. The van der Waals surface area contributed by atoms with Crippen LogP contribution in [-0.2, 0) is 14.9 Å². The van der Waals surface area contributed by atoms with Gasteiger partial charge in [0.2, 0.25) is 5.91 Å². The number of carbonyl (C=O) groups excluding carboxylic acids is 1. The van der Waals surface area contributed by atoms with Crippen molar-refractivity contribution < 1.29 is 22.9 Å². The van der Waals surface area contributed by atoms with Crippen LogP contribution in [0.2, 0.25) is 0 Å². The zero-order chi connectivity index (χ0) is 36.1. The Balaban J connectivity index is 3.93. The molecule has 0 rings (SSSR count). The van der Waals surface area contributed by atoms with Crippen LogP contribution in [0.4, 0.5) is 0 Å². The van der Waals surface area contributed by atoms with E-state index >= 15 is 0 Å². The molecule has 3 N–H and O–H groups in total. The van der Waals surface area contributed by atoms with Gasteiger partial charge in [0.1, 0.15) is 0 Å². The number of amides is 1. The molecule has 0 aromatic rings. The first-order valence-corrected chi connectivity index (χ1v) is 21.6. The van der Waals surface area contributed by atoms with Crippen molar-refractivity contribution in [3.8, 4) is 0 Å². The Kier molecular flexibility index (Phi) is 34.4. The van der Waals surface area contributed by atoms with Crippen LogP contribution in [0.15, 0.2) is 60.8 Å². The van der Waals surface area contributed by atoms with Gasteiger partial charge in [0.25, 0.3) is 10.1 Å². The van der Waals surface area contributed by atoms with E-state index < -0.39 is 28.0 Å². The van der Waals surface area contributed by atoms with Gasteiger partial charge in [0.15, 0.2) is 0 Å². The molecular weight excluding hydrogens is 631 g/mol. The van der Waals surface area contributed by atoms with Gasteiger partial charge in [-0.1, -0.05) is 164 Å². The maximum atomic E-state index is 12.5. The Hall–Kier alpha value is -1.96. The maximum Gasteiger partial charge on any atom is 0.267 e. The first-order valence-electron chi connectivity index (χ1n) is 20.0. The molecule has 0 aromatic carbocycles. The fraction of sp³-hybridized carbons (Fsp3) is 0.738. The van der Waals surface area contributed by atoms with E-state index in [0.29, 0.717) is 6.42 Å². The molecule has 0 aliphatic carbocycles. The molecule has 0 saturated carbocycles. The number of nitrogens with one attached hydrogen (secondary N) is 1. The Bertz CT molecular complexity index is 999. The Morgan fingerprint density at radius 1 is 0.551 bits per heavy atom. The van der Waals surface area contributed by atoms with Crippen LogP contribution >= 0.6 is 0 Å². The third-order valence-electron chi connectivity index (χ3n) is 8.67. The molecular formula is C42H75NO5S. The Morgan fingerprint density at radius 2 is 0.939 bits per heavy atom. The summed E-state index contributed by atoms with van der Waals surface area (Å²) in [5.74, 6) is -1.02. The molecule has 0 radical (unpaired) electrons. The SMILES string of the molecule is CCCCCCC/C=C\C/C=C\C/C=C\CCCCCCCCCCC(=O)NC(CS(=O)(=O)O)C(O)/C=C/CC/C=C/CCCCCCC. The lowest BCUT2D eigenvalue weighted by atomic mass is 10.1. The van der Waals surface area contributed by atoms with Crippen LogP contribution in [0.1, 0.15) is 181 Å². The molecule has 2 atom stereocenters. The number of allylic oxidation sites excluding steroid dienone is 9. The van der Waals surface area contributed by atoms with Crippen LogP contribution in [0.5, 0.6) is 0 Å². The summed E-state index contributed by atoms with van der Waals surface area (Å²) in [4.78, 5) is 12.5. The van der Waals surface area contributed by atoms with Gasteiger partial charge in [-0.2, -0.15) is 8.42 Å². The van der Waals surface area contributed by atoms with E-state index in [-0.39, 0.29) is 12.3 Å². The summed E-state index contributed by atoms with van der Waals surface area (Å²) in [7, 11) is -4.35. The molecule has 1 amide bonds. The van der Waals surface area contributed by atoms with Crippen molar-refractivity contribution in [3.63, 3.8) is 0 Å². The molecule has 0 bridgehead atoms. The van der Waals surface area contributed by atoms with E-state index in [4.69, 9.17) is 0 Å². The minimum absolute atomic E-state index is 0.277. The molecule has 0 aliphatic heterocycles. The number of hydrogen-bond acceptors (Lipinski definition) is 4. The minimum atomic E-state index is -4.35. The molecule has 0 aromatic heterocycles. The molecule has 49 heavy (non-hydrogen) atoms. The van der Waals surface area contributed by atoms with E-state index in [9.17, 15) is 22.9 Å².